The van der Waals surface area contributed by atoms with Gasteiger partial charge in [0.05, 0.1) is 4.90 Å². The molecule has 0 aliphatic rings. The van der Waals surface area contributed by atoms with Crippen molar-refractivity contribution in [1.82, 2.24) is 4.72 Å². The Kier molecular flexibility index (Phi) is 7.86. The molecule has 3 N–H and O–H groups in total. The Balaban J connectivity index is 1.88. The van der Waals surface area contributed by atoms with Crippen LogP contribution in [-0.2, 0) is 26.0 Å². The van der Waals surface area contributed by atoms with Crippen LogP contribution >= 0.6 is 0 Å². The number of carbonyl (C=O) groups excluding carboxylic acids is 2. The van der Waals surface area contributed by atoms with Gasteiger partial charge in [-0.05, 0) is 68.1 Å². The maximum Gasteiger partial charge on any atom is 0.242 e. The van der Waals surface area contributed by atoms with Crippen LogP contribution in [0.25, 0.3) is 0 Å². The normalized spacial score (nSPS) is 12.1. The molecule has 0 heterocycles. The number of hydrogen-bond donors (Lipinski definition) is 3. The standard InChI is InChI=1S/C26H29N3O4S/c1-17-14-18(2)25(19(3)15-17)34(32,33)29-24(16-21-8-6-5-7-9-21)26(31)28-23-12-10-22(11-13-23)27-20(4)30/h5-15,24,29H,16H2,1-4H3,(H,27,30)(H,28,31)/t24-/m1/s1. The number of amides is 2. The van der Waals surface area contributed by atoms with Gasteiger partial charge in [-0.3, -0.25) is 9.59 Å². The van der Waals surface area contributed by atoms with Crippen molar-refractivity contribution in [2.45, 2.75) is 45.1 Å². The molecule has 0 aliphatic heterocycles. The molecule has 3 aromatic carbocycles. The number of carbonyl (C=O) groups is 2. The van der Waals surface area contributed by atoms with Gasteiger partial charge in [0.25, 0.3) is 0 Å². The molecule has 0 spiro atoms. The van der Waals surface area contributed by atoms with E-state index in [1.807, 2.05) is 49.4 Å². The van der Waals surface area contributed by atoms with Gasteiger partial charge in [-0.15, -0.1) is 0 Å². The van der Waals surface area contributed by atoms with Crippen molar-refractivity contribution < 1.29 is 18.0 Å². The average molecular weight is 480 g/mol. The third-order valence-electron chi connectivity index (χ3n) is 5.24. The van der Waals surface area contributed by atoms with Crippen molar-refractivity contribution in [3.05, 3.63) is 89.0 Å². The largest absolute Gasteiger partial charge is 0.326 e. The lowest BCUT2D eigenvalue weighted by atomic mass is 10.1. The topological polar surface area (TPSA) is 104 Å². The van der Waals surface area contributed by atoms with Gasteiger partial charge < -0.3 is 10.6 Å². The molecule has 0 aliphatic carbocycles. The molecule has 3 aromatic rings. The van der Waals surface area contributed by atoms with E-state index in [0.717, 1.165) is 11.1 Å². The Bertz CT molecular complexity index is 1260. The SMILES string of the molecule is CC(=O)Nc1ccc(NC(=O)[C@@H](Cc2ccccc2)NS(=O)(=O)c2c(C)cc(C)cc2C)cc1. The van der Waals surface area contributed by atoms with Crippen molar-refractivity contribution >= 4 is 33.2 Å². The van der Waals surface area contributed by atoms with E-state index in [1.165, 1.54) is 6.92 Å². The van der Waals surface area contributed by atoms with Crippen LogP contribution in [0.5, 0.6) is 0 Å². The van der Waals surface area contributed by atoms with Crippen LogP contribution in [0.15, 0.2) is 71.6 Å². The Morgan fingerprint density at radius 1 is 0.824 bits per heavy atom. The minimum Gasteiger partial charge on any atom is -0.326 e. The molecule has 0 saturated heterocycles. The Labute approximate surface area is 200 Å². The van der Waals surface area contributed by atoms with Crippen LogP contribution < -0.4 is 15.4 Å². The van der Waals surface area contributed by atoms with E-state index >= 15 is 0 Å². The first-order chi connectivity index (χ1) is 16.0. The smallest absolute Gasteiger partial charge is 0.242 e. The van der Waals surface area contributed by atoms with Crippen LogP contribution in [0.3, 0.4) is 0 Å². The van der Waals surface area contributed by atoms with Crippen molar-refractivity contribution in [2.75, 3.05) is 10.6 Å². The summed E-state index contributed by atoms with van der Waals surface area (Å²) in [5, 5.41) is 5.44. The highest BCUT2D eigenvalue weighted by Gasteiger charge is 2.28. The number of nitrogens with one attached hydrogen (secondary N) is 3. The van der Waals surface area contributed by atoms with Gasteiger partial charge in [-0.1, -0.05) is 48.0 Å². The Morgan fingerprint density at radius 2 is 1.35 bits per heavy atom. The molecule has 7 nitrogen and oxygen atoms in total. The van der Waals surface area contributed by atoms with Crippen LogP contribution in [-0.4, -0.2) is 26.3 Å². The summed E-state index contributed by atoms with van der Waals surface area (Å²) < 4.78 is 29.3. The first kappa shape index (κ1) is 25.1. The van der Waals surface area contributed by atoms with Crippen LogP contribution in [0.2, 0.25) is 0 Å². The highest BCUT2D eigenvalue weighted by atomic mass is 32.2. The van der Waals surface area contributed by atoms with Gasteiger partial charge in [0.2, 0.25) is 21.8 Å². The summed E-state index contributed by atoms with van der Waals surface area (Å²) in [6.45, 7) is 6.81. The highest BCUT2D eigenvalue weighted by Crippen LogP contribution is 2.23. The fraction of sp³-hybridized carbons (Fsp3) is 0.231. The number of rotatable bonds is 8. The van der Waals surface area contributed by atoms with E-state index in [0.29, 0.717) is 22.5 Å². The predicted octanol–water partition coefficient (Wildman–Crippen LogP) is 4.10. The maximum atomic E-state index is 13.4. The van der Waals surface area contributed by atoms with Gasteiger partial charge in [0, 0.05) is 18.3 Å². The Hall–Kier alpha value is -3.49. The summed E-state index contributed by atoms with van der Waals surface area (Å²) in [7, 11) is -3.97. The fourth-order valence-electron chi connectivity index (χ4n) is 3.94. The number of benzene rings is 3. The molecule has 0 unspecified atom stereocenters. The molecular formula is C26H29N3O4S. The van der Waals surface area contributed by atoms with Gasteiger partial charge in [0.15, 0.2) is 0 Å². The predicted molar refractivity (Wildman–Crippen MR) is 134 cm³/mol. The molecule has 0 aromatic heterocycles. The van der Waals surface area contributed by atoms with E-state index in [-0.39, 0.29) is 17.2 Å². The van der Waals surface area contributed by atoms with Crippen LogP contribution in [0.1, 0.15) is 29.2 Å². The minimum atomic E-state index is -3.97. The molecule has 34 heavy (non-hydrogen) atoms. The third kappa shape index (κ3) is 6.52. The summed E-state index contributed by atoms with van der Waals surface area (Å²) in [6, 6.07) is 18.4. The summed E-state index contributed by atoms with van der Waals surface area (Å²) in [4.78, 5) is 24.6. The van der Waals surface area contributed by atoms with Gasteiger partial charge in [-0.2, -0.15) is 4.72 Å². The zero-order valence-corrected chi connectivity index (χ0v) is 20.5. The summed E-state index contributed by atoms with van der Waals surface area (Å²) in [5.74, 6) is -0.682. The second kappa shape index (κ2) is 10.6. The average Bonchev–Trinajstić information content (AvgIpc) is 2.74. The number of hydrogen-bond acceptors (Lipinski definition) is 4. The monoisotopic (exact) mass is 479 g/mol. The lowest BCUT2D eigenvalue weighted by Crippen LogP contribution is -2.45. The lowest BCUT2D eigenvalue weighted by molar-refractivity contribution is -0.117. The molecule has 1 atom stereocenters. The summed E-state index contributed by atoms with van der Waals surface area (Å²) >= 11 is 0. The summed E-state index contributed by atoms with van der Waals surface area (Å²) in [6.07, 6.45) is 0.180. The zero-order chi connectivity index (χ0) is 24.9. The molecular weight excluding hydrogens is 450 g/mol. The van der Waals surface area contributed by atoms with E-state index in [9.17, 15) is 18.0 Å². The van der Waals surface area contributed by atoms with Gasteiger partial charge in [0.1, 0.15) is 6.04 Å². The third-order valence-corrected chi connectivity index (χ3v) is 7.02. The molecule has 2 amide bonds. The van der Waals surface area contributed by atoms with E-state index in [1.54, 1.807) is 38.1 Å². The van der Waals surface area contributed by atoms with Crippen LogP contribution in [0, 0.1) is 20.8 Å². The lowest BCUT2D eigenvalue weighted by Gasteiger charge is -2.21. The van der Waals surface area contributed by atoms with E-state index < -0.39 is 22.0 Å². The molecule has 8 heteroatoms. The number of aryl methyl sites for hydroxylation is 3. The molecule has 0 radical (unpaired) electrons. The molecule has 0 saturated carbocycles. The zero-order valence-electron chi connectivity index (χ0n) is 19.7. The Morgan fingerprint density at radius 3 is 1.88 bits per heavy atom. The summed E-state index contributed by atoms with van der Waals surface area (Å²) in [5.41, 5.74) is 4.12. The second-order valence-corrected chi connectivity index (χ2v) is 9.99. The molecule has 0 bridgehead atoms. The van der Waals surface area contributed by atoms with Gasteiger partial charge >= 0.3 is 0 Å². The first-order valence-electron chi connectivity index (χ1n) is 10.9. The van der Waals surface area contributed by atoms with Gasteiger partial charge in [-0.25, -0.2) is 8.42 Å². The molecule has 0 fully saturated rings. The minimum absolute atomic E-state index is 0.180. The number of sulfonamides is 1. The van der Waals surface area contributed by atoms with E-state index in [4.69, 9.17) is 0 Å². The molecule has 178 valence electrons. The highest BCUT2D eigenvalue weighted by molar-refractivity contribution is 7.89. The van der Waals surface area contributed by atoms with Crippen molar-refractivity contribution in [3.8, 4) is 0 Å². The second-order valence-electron chi connectivity index (χ2n) is 8.34. The van der Waals surface area contributed by atoms with Crippen molar-refractivity contribution in [3.63, 3.8) is 0 Å². The fourth-order valence-corrected chi connectivity index (χ4v) is 5.59. The quantitative estimate of drug-likeness (QED) is 0.452. The van der Waals surface area contributed by atoms with Crippen molar-refractivity contribution in [2.24, 2.45) is 0 Å². The first-order valence-corrected chi connectivity index (χ1v) is 12.4. The van der Waals surface area contributed by atoms with E-state index in [2.05, 4.69) is 15.4 Å². The number of anilines is 2. The van der Waals surface area contributed by atoms with Crippen LogP contribution in [0.4, 0.5) is 11.4 Å². The maximum absolute atomic E-state index is 13.4. The van der Waals surface area contributed by atoms with Crippen molar-refractivity contribution in [1.29, 1.82) is 0 Å². The molecule has 3 rings (SSSR count).